The third kappa shape index (κ3) is 4.17. The lowest BCUT2D eigenvalue weighted by atomic mass is 9.77. The minimum Gasteiger partial charge on any atom is -0.511 e. The Morgan fingerprint density at radius 1 is 1.18 bits per heavy atom. The van der Waals surface area contributed by atoms with Gasteiger partial charge in [0.15, 0.2) is 5.84 Å². The van der Waals surface area contributed by atoms with E-state index in [-0.39, 0.29) is 69.6 Å². The summed E-state index contributed by atoms with van der Waals surface area (Å²) >= 11 is 0. The van der Waals surface area contributed by atoms with Crippen molar-refractivity contribution in [1.82, 2.24) is 4.90 Å². The molecule has 40 heavy (non-hydrogen) atoms. The molecule has 0 spiro atoms. The molecule has 10 nitrogen and oxygen atoms in total. The molecule has 2 aromatic carbocycles. The third-order valence-corrected chi connectivity index (χ3v) is 11.2. The van der Waals surface area contributed by atoms with E-state index in [0.717, 1.165) is 35.4 Å². The predicted molar refractivity (Wildman–Crippen MR) is 147 cm³/mol. The first-order chi connectivity index (χ1) is 18.8. The molecule has 212 valence electrons. The van der Waals surface area contributed by atoms with Crippen molar-refractivity contribution in [3.8, 4) is 0 Å². The van der Waals surface area contributed by atoms with Gasteiger partial charge in [-0.15, -0.1) is 4.40 Å². The van der Waals surface area contributed by atoms with Crippen molar-refractivity contribution in [1.29, 1.82) is 0 Å². The molecule has 6 rings (SSSR count). The minimum absolute atomic E-state index is 0.111. The number of anilines is 2. The molecule has 4 atom stereocenters. The molecule has 4 aliphatic rings. The standard InChI is InChI=1S/C27H29FN4O6S2/c1-14-10-15(4-8-19(14)28)13-32-24-17-6-5-16(11-17)22(24)25(33)23(27(32)34)26-29-20-9-7-18(31(2)39(3,35)36)12-21(20)40(37,38)30-26/h4,7-10,12,16-17,22,24,33H,5-6,11,13H2,1-3H3,(H,29,30)/t16-,17+,22+,24?/m0/s1. The monoisotopic (exact) mass is 588 g/mol. The molecule has 0 saturated heterocycles. The number of nitrogens with one attached hydrogen (secondary N) is 1. The van der Waals surface area contributed by atoms with Gasteiger partial charge in [-0.2, -0.15) is 8.42 Å². The molecular weight excluding hydrogens is 559 g/mol. The number of halogens is 1. The Labute approximate surface area is 232 Å². The number of amides is 1. The number of aliphatic hydroxyl groups excluding tert-OH is 1. The first-order valence-corrected chi connectivity index (χ1v) is 16.2. The molecule has 2 aliphatic carbocycles. The van der Waals surface area contributed by atoms with Crippen molar-refractivity contribution in [2.75, 3.05) is 22.9 Å². The summed E-state index contributed by atoms with van der Waals surface area (Å²) < 4.78 is 69.3. The molecule has 1 unspecified atom stereocenters. The van der Waals surface area contributed by atoms with Gasteiger partial charge in [-0.1, -0.05) is 12.1 Å². The first-order valence-electron chi connectivity index (χ1n) is 13.0. The van der Waals surface area contributed by atoms with Crippen LogP contribution in [0.25, 0.3) is 0 Å². The van der Waals surface area contributed by atoms with Gasteiger partial charge in [-0.05, 0) is 73.4 Å². The van der Waals surface area contributed by atoms with Crippen molar-refractivity contribution in [3.05, 3.63) is 64.7 Å². The molecule has 13 heteroatoms. The highest BCUT2D eigenvalue weighted by atomic mass is 32.2. The van der Waals surface area contributed by atoms with Crippen molar-refractivity contribution in [2.45, 2.75) is 43.7 Å². The molecule has 2 aliphatic heterocycles. The van der Waals surface area contributed by atoms with Gasteiger partial charge >= 0.3 is 0 Å². The van der Waals surface area contributed by atoms with E-state index < -0.39 is 26.0 Å². The number of hydrogen-bond donors (Lipinski definition) is 2. The normalized spacial score (nSPS) is 26.8. The largest absolute Gasteiger partial charge is 0.511 e. The number of aryl methyl sites for hydroxylation is 1. The highest BCUT2D eigenvalue weighted by Crippen LogP contribution is 2.55. The van der Waals surface area contributed by atoms with Gasteiger partial charge in [0.25, 0.3) is 15.9 Å². The van der Waals surface area contributed by atoms with E-state index in [1.165, 1.54) is 31.3 Å². The summed E-state index contributed by atoms with van der Waals surface area (Å²) in [6.45, 7) is 1.83. The van der Waals surface area contributed by atoms with Crippen LogP contribution in [0.2, 0.25) is 0 Å². The number of fused-ring (bicyclic) bond motifs is 6. The number of carbonyl (C=O) groups is 1. The van der Waals surface area contributed by atoms with Crippen LogP contribution in [0.3, 0.4) is 0 Å². The second kappa shape index (κ2) is 9.03. The summed E-state index contributed by atoms with van der Waals surface area (Å²) in [6, 6.07) is 8.47. The molecular formula is C27H29FN4O6S2. The number of aliphatic hydroxyl groups is 1. The van der Waals surface area contributed by atoms with Gasteiger partial charge in [-0.3, -0.25) is 9.10 Å². The summed E-state index contributed by atoms with van der Waals surface area (Å²) in [6.07, 6.45) is 3.70. The maximum Gasteiger partial charge on any atom is 0.286 e. The highest BCUT2D eigenvalue weighted by Gasteiger charge is 2.57. The Hall–Kier alpha value is -3.45. The summed E-state index contributed by atoms with van der Waals surface area (Å²) in [7, 11) is -6.70. The number of amidine groups is 1. The molecule has 0 aromatic heterocycles. The molecule has 2 fully saturated rings. The van der Waals surface area contributed by atoms with E-state index in [2.05, 4.69) is 9.71 Å². The summed E-state index contributed by atoms with van der Waals surface area (Å²) in [4.78, 5) is 15.5. The fourth-order valence-corrected chi connectivity index (χ4v) is 8.33. The van der Waals surface area contributed by atoms with Gasteiger partial charge in [0.05, 0.1) is 17.6 Å². The highest BCUT2D eigenvalue weighted by molar-refractivity contribution is 7.92. The van der Waals surface area contributed by atoms with Crippen LogP contribution >= 0.6 is 0 Å². The van der Waals surface area contributed by atoms with Crippen molar-refractivity contribution in [3.63, 3.8) is 0 Å². The summed E-state index contributed by atoms with van der Waals surface area (Å²) in [5, 5.41) is 14.4. The minimum atomic E-state index is -4.36. The predicted octanol–water partition coefficient (Wildman–Crippen LogP) is 3.31. The molecule has 2 saturated carbocycles. The molecule has 2 bridgehead atoms. The van der Waals surface area contributed by atoms with Gasteiger partial charge in [0.1, 0.15) is 22.0 Å². The summed E-state index contributed by atoms with van der Waals surface area (Å²) in [5.41, 5.74) is 1.23. The van der Waals surface area contributed by atoms with E-state index in [9.17, 15) is 31.1 Å². The zero-order chi connectivity index (χ0) is 28.7. The average molecular weight is 589 g/mol. The number of hydrogen-bond acceptors (Lipinski definition) is 7. The quantitative estimate of drug-likeness (QED) is 0.547. The second-order valence-corrected chi connectivity index (χ2v) is 14.7. The smallest absolute Gasteiger partial charge is 0.286 e. The molecule has 2 aromatic rings. The topological polar surface area (TPSA) is 136 Å². The Morgan fingerprint density at radius 3 is 2.60 bits per heavy atom. The van der Waals surface area contributed by atoms with E-state index in [0.29, 0.717) is 5.56 Å². The zero-order valence-electron chi connectivity index (χ0n) is 22.1. The lowest BCUT2D eigenvalue weighted by molar-refractivity contribution is -0.134. The van der Waals surface area contributed by atoms with Gasteiger partial charge in [0, 0.05) is 25.6 Å². The van der Waals surface area contributed by atoms with E-state index in [1.54, 1.807) is 24.0 Å². The van der Waals surface area contributed by atoms with Crippen LogP contribution in [0.1, 0.15) is 30.4 Å². The number of benzene rings is 2. The lowest BCUT2D eigenvalue weighted by Crippen LogP contribution is -2.53. The Bertz CT molecular complexity index is 1740. The van der Waals surface area contributed by atoms with E-state index in [1.807, 2.05) is 0 Å². The van der Waals surface area contributed by atoms with Crippen LogP contribution < -0.4 is 9.62 Å². The number of sulfonamides is 2. The van der Waals surface area contributed by atoms with Gasteiger partial charge in [-0.25, -0.2) is 12.8 Å². The number of rotatable bonds is 5. The number of nitrogens with zero attached hydrogens (tertiary/aromatic N) is 3. The Kier molecular flexibility index (Phi) is 6.04. The first kappa shape index (κ1) is 26.8. The van der Waals surface area contributed by atoms with Crippen LogP contribution in [0.15, 0.2) is 57.0 Å². The molecule has 1 amide bonds. The van der Waals surface area contributed by atoms with Crippen LogP contribution in [0.4, 0.5) is 15.8 Å². The van der Waals surface area contributed by atoms with Crippen molar-refractivity contribution < 1.29 is 31.1 Å². The van der Waals surface area contributed by atoms with Crippen LogP contribution in [-0.4, -0.2) is 57.9 Å². The van der Waals surface area contributed by atoms with Gasteiger partial charge in [0.2, 0.25) is 10.0 Å². The second-order valence-electron chi connectivity index (χ2n) is 11.1. The fraction of sp³-hybridized carbons (Fsp3) is 0.407. The Balaban J connectivity index is 1.41. The SMILES string of the molecule is Cc1cc(CN2C(=O)C(C3=NS(=O)(=O)c4cc(N(C)S(C)(=O)=O)ccc4N3)=C(O)[C@H]3C2[C@@H]2CC[C@H]3C2)ccc1F. The molecule has 2 heterocycles. The number of carbonyl (C=O) groups excluding carboxylic acids is 1. The Morgan fingerprint density at radius 2 is 1.90 bits per heavy atom. The maximum absolute atomic E-state index is 14.0. The van der Waals surface area contributed by atoms with Crippen LogP contribution in [0.5, 0.6) is 0 Å². The van der Waals surface area contributed by atoms with Crippen LogP contribution in [0, 0.1) is 30.5 Å². The zero-order valence-corrected chi connectivity index (χ0v) is 23.8. The van der Waals surface area contributed by atoms with Gasteiger partial charge < -0.3 is 15.3 Å². The molecule has 2 N–H and O–H groups in total. The maximum atomic E-state index is 14.0. The molecule has 0 radical (unpaired) electrons. The summed E-state index contributed by atoms with van der Waals surface area (Å²) in [5.74, 6) is -1.33. The van der Waals surface area contributed by atoms with Crippen molar-refractivity contribution in [2.24, 2.45) is 22.2 Å². The van der Waals surface area contributed by atoms with Crippen molar-refractivity contribution >= 4 is 43.2 Å². The lowest BCUT2D eigenvalue weighted by Gasteiger charge is -2.44. The van der Waals surface area contributed by atoms with E-state index >= 15 is 0 Å². The third-order valence-electron chi connectivity index (χ3n) is 8.66. The van der Waals surface area contributed by atoms with E-state index in [4.69, 9.17) is 0 Å². The fourth-order valence-electron chi connectivity index (χ4n) is 6.69. The average Bonchev–Trinajstić information content (AvgIpc) is 3.50. The van der Waals surface area contributed by atoms with Crippen LogP contribution in [-0.2, 0) is 31.4 Å².